The van der Waals surface area contributed by atoms with E-state index in [0.29, 0.717) is 24.4 Å². The zero-order valence-corrected chi connectivity index (χ0v) is 15.5. The third-order valence-corrected chi connectivity index (χ3v) is 5.28. The number of rotatable bonds is 3. The van der Waals surface area contributed by atoms with Crippen LogP contribution in [0.3, 0.4) is 0 Å². The van der Waals surface area contributed by atoms with Crippen molar-refractivity contribution in [1.29, 1.82) is 0 Å². The van der Waals surface area contributed by atoms with E-state index in [1.54, 1.807) is 30.3 Å². The quantitative estimate of drug-likeness (QED) is 0.858. The molecule has 144 valence electrons. The number of anilines is 2. The van der Waals surface area contributed by atoms with Gasteiger partial charge >= 0.3 is 11.8 Å². The van der Waals surface area contributed by atoms with Crippen molar-refractivity contribution < 1.29 is 9.90 Å². The predicted molar refractivity (Wildman–Crippen MR) is 104 cm³/mol. The number of carboxylic acid groups (broad SMARTS) is 1. The van der Waals surface area contributed by atoms with Gasteiger partial charge in [0.25, 0.3) is 5.56 Å². The van der Waals surface area contributed by atoms with Crippen LogP contribution in [-0.4, -0.2) is 26.4 Å². The molecule has 1 aliphatic carbocycles. The molecule has 1 aromatic heterocycles. The lowest BCUT2D eigenvalue weighted by atomic mass is 9.86. The van der Waals surface area contributed by atoms with Crippen molar-refractivity contribution in [1.82, 2.24) is 9.13 Å². The van der Waals surface area contributed by atoms with Gasteiger partial charge in [0, 0.05) is 13.1 Å². The summed E-state index contributed by atoms with van der Waals surface area (Å²) in [6.07, 6.45) is 1.83. The standard InChI is InChI=1S/C19H24N4O4/c1-12-8-10-14(11-9-12)22(19(26)27)15-16(20)23(13-6-4-3-5-7-13)18(25)21(2)17(15)24/h3-7,12,14H,8-11,20H2,1-2H3,(H,26,27). The van der Waals surface area contributed by atoms with Gasteiger partial charge in [0.15, 0.2) is 5.69 Å². The second-order valence-electron chi connectivity index (χ2n) is 7.12. The van der Waals surface area contributed by atoms with Crippen molar-refractivity contribution in [2.75, 3.05) is 10.6 Å². The van der Waals surface area contributed by atoms with Gasteiger partial charge in [-0.25, -0.2) is 14.2 Å². The molecule has 8 nitrogen and oxygen atoms in total. The van der Waals surface area contributed by atoms with E-state index in [4.69, 9.17) is 5.73 Å². The summed E-state index contributed by atoms with van der Waals surface area (Å²) < 4.78 is 2.08. The Morgan fingerprint density at radius 2 is 1.74 bits per heavy atom. The molecule has 0 radical (unpaired) electrons. The Hall–Kier alpha value is -3.03. The first-order valence-electron chi connectivity index (χ1n) is 9.02. The number of amides is 1. The summed E-state index contributed by atoms with van der Waals surface area (Å²) in [6, 6.07) is 8.29. The van der Waals surface area contributed by atoms with Crippen molar-refractivity contribution >= 4 is 17.6 Å². The Balaban J connectivity index is 2.22. The molecule has 1 amide bonds. The van der Waals surface area contributed by atoms with Crippen LogP contribution in [0.1, 0.15) is 32.6 Å². The lowest BCUT2D eigenvalue weighted by Gasteiger charge is -2.34. The molecule has 0 spiro atoms. The fourth-order valence-electron chi connectivity index (χ4n) is 3.70. The number of nitrogens with two attached hydrogens (primary N) is 1. The number of carbonyl (C=O) groups is 1. The molecule has 1 heterocycles. The maximum absolute atomic E-state index is 12.8. The Bertz CT molecular complexity index is 956. The Kier molecular flexibility index (Phi) is 5.07. The Labute approximate surface area is 156 Å². The van der Waals surface area contributed by atoms with Gasteiger partial charge in [-0.3, -0.25) is 14.3 Å². The molecule has 1 aromatic carbocycles. The summed E-state index contributed by atoms with van der Waals surface area (Å²) in [5.74, 6) is 0.366. The van der Waals surface area contributed by atoms with Gasteiger partial charge in [-0.1, -0.05) is 25.1 Å². The van der Waals surface area contributed by atoms with Crippen LogP contribution >= 0.6 is 0 Å². The lowest BCUT2D eigenvalue weighted by molar-refractivity contribution is 0.194. The first-order chi connectivity index (χ1) is 12.8. The summed E-state index contributed by atoms with van der Waals surface area (Å²) >= 11 is 0. The maximum atomic E-state index is 12.8. The zero-order valence-electron chi connectivity index (χ0n) is 15.5. The number of hydrogen-bond donors (Lipinski definition) is 2. The van der Waals surface area contributed by atoms with Gasteiger partial charge < -0.3 is 10.8 Å². The minimum Gasteiger partial charge on any atom is -0.465 e. The SMILES string of the molecule is CC1CCC(N(C(=O)O)c2c(N)n(-c3ccccc3)c(=O)n(C)c2=O)CC1. The van der Waals surface area contributed by atoms with Gasteiger partial charge in [0.05, 0.1) is 5.69 Å². The van der Waals surface area contributed by atoms with Gasteiger partial charge in [0.1, 0.15) is 5.82 Å². The molecule has 1 aliphatic rings. The van der Waals surface area contributed by atoms with Crippen LogP contribution in [-0.2, 0) is 7.05 Å². The largest absolute Gasteiger partial charge is 0.465 e. The fraction of sp³-hybridized carbons (Fsp3) is 0.421. The molecule has 0 bridgehead atoms. The van der Waals surface area contributed by atoms with Crippen LogP contribution in [0.4, 0.5) is 16.3 Å². The number of nitrogen functional groups attached to an aromatic ring is 1. The topological polar surface area (TPSA) is 111 Å². The minimum absolute atomic E-state index is 0.157. The number of hydrogen-bond acceptors (Lipinski definition) is 4. The molecular formula is C19H24N4O4. The molecular weight excluding hydrogens is 348 g/mol. The summed E-state index contributed by atoms with van der Waals surface area (Å²) in [6.45, 7) is 2.13. The van der Waals surface area contributed by atoms with E-state index in [0.717, 1.165) is 22.3 Å². The van der Waals surface area contributed by atoms with Crippen molar-refractivity contribution in [3.8, 4) is 5.69 Å². The van der Waals surface area contributed by atoms with Crippen LogP contribution in [0.15, 0.2) is 39.9 Å². The third kappa shape index (κ3) is 3.34. The summed E-state index contributed by atoms with van der Waals surface area (Å²) in [4.78, 5) is 38.6. The van der Waals surface area contributed by atoms with Crippen molar-refractivity contribution in [2.45, 2.75) is 38.6 Å². The molecule has 3 rings (SSSR count). The molecule has 0 aliphatic heterocycles. The first kappa shape index (κ1) is 18.8. The van der Waals surface area contributed by atoms with Gasteiger partial charge in [-0.2, -0.15) is 0 Å². The monoisotopic (exact) mass is 372 g/mol. The second kappa shape index (κ2) is 7.30. The summed E-state index contributed by atoms with van der Waals surface area (Å²) in [7, 11) is 1.33. The maximum Gasteiger partial charge on any atom is 0.412 e. The highest BCUT2D eigenvalue weighted by Gasteiger charge is 2.33. The fourth-order valence-corrected chi connectivity index (χ4v) is 3.70. The average Bonchev–Trinajstić information content (AvgIpc) is 2.65. The average molecular weight is 372 g/mol. The molecule has 3 N–H and O–H groups in total. The number of para-hydroxylation sites is 1. The van der Waals surface area contributed by atoms with Crippen LogP contribution in [0.25, 0.3) is 5.69 Å². The summed E-state index contributed by atoms with van der Waals surface area (Å²) in [5.41, 5.74) is 5.20. The normalized spacial score (nSPS) is 19.6. The highest BCUT2D eigenvalue weighted by Crippen LogP contribution is 2.31. The molecule has 8 heteroatoms. The molecule has 27 heavy (non-hydrogen) atoms. The van der Waals surface area contributed by atoms with Crippen molar-refractivity contribution in [3.05, 3.63) is 51.2 Å². The lowest BCUT2D eigenvalue weighted by Crippen LogP contribution is -2.49. The van der Waals surface area contributed by atoms with E-state index in [1.807, 2.05) is 0 Å². The molecule has 1 fully saturated rings. The molecule has 0 atom stereocenters. The third-order valence-electron chi connectivity index (χ3n) is 5.28. The highest BCUT2D eigenvalue weighted by atomic mass is 16.4. The number of benzene rings is 1. The Morgan fingerprint density at radius 3 is 2.30 bits per heavy atom. The van der Waals surface area contributed by atoms with E-state index in [-0.39, 0.29) is 17.5 Å². The molecule has 0 saturated heterocycles. The Morgan fingerprint density at radius 1 is 1.15 bits per heavy atom. The summed E-state index contributed by atoms with van der Waals surface area (Å²) in [5, 5.41) is 9.85. The van der Waals surface area contributed by atoms with Crippen molar-refractivity contribution in [3.63, 3.8) is 0 Å². The van der Waals surface area contributed by atoms with E-state index in [2.05, 4.69) is 6.92 Å². The molecule has 1 saturated carbocycles. The van der Waals surface area contributed by atoms with Crippen LogP contribution in [0, 0.1) is 5.92 Å². The zero-order chi connectivity index (χ0) is 19.7. The van der Waals surface area contributed by atoms with Gasteiger partial charge in [-0.15, -0.1) is 0 Å². The van der Waals surface area contributed by atoms with E-state index in [9.17, 15) is 19.5 Å². The minimum atomic E-state index is -1.24. The molecule has 2 aromatic rings. The number of aromatic nitrogens is 2. The van der Waals surface area contributed by atoms with Crippen molar-refractivity contribution in [2.24, 2.45) is 13.0 Å². The van der Waals surface area contributed by atoms with Gasteiger partial charge in [0.2, 0.25) is 0 Å². The van der Waals surface area contributed by atoms with E-state index >= 15 is 0 Å². The number of nitrogens with zero attached hydrogens (tertiary/aromatic N) is 3. The second-order valence-corrected chi connectivity index (χ2v) is 7.12. The smallest absolute Gasteiger partial charge is 0.412 e. The van der Waals surface area contributed by atoms with E-state index < -0.39 is 17.3 Å². The van der Waals surface area contributed by atoms with Gasteiger partial charge in [-0.05, 0) is 43.7 Å². The van der Waals surface area contributed by atoms with Crippen LogP contribution in [0.2, 0.25) is 0 Å². The highest BCUT2D eigenvalue weighted by molar-refractivity contribution is 5.90. The predicted octanol–water partition coefficient (Wildman–Crippen LogP) is 2.18. The molecule has 0 unspecified atom stereocenters. The van der Waals surface area contributed by atoms with Crippen LogP contribution in [0.5, 0.6) is 0 Å². The van der Waals surface area contributed by atoms with Crippen LogP contribution < -0.4 is 21.9 Å². The van der Waals surface area contributed by atoms with E-state index in [1.165, 1.54) is 11.6 Å². The first-order valence-corrected chi connectivity index (χ1v) is 9.02.